The maximum absolute atomic E-state index is 11.5. The number of aryl methyl sites for hydroxylation is 1. The Kier molecular flexibility index (Phi) is 3.68. The number of nitrogens with zero attached hydrogens (tertiary/aromatic N) is 1. The van der Waals surface area contributed by atoms with Crippen molar-refractivity contribution in [2.75, 3.05) is 11.6 Å². The molecule has 1 N–H and O–H groups in total. The van der Waals surface area contributed by atoms with Crippen molar-refractivity contribution in [3.8, 4) is 0 Å². The minimum atomic E-state index is -3.16. The first-order chi connectivity index (χ1) is 8.47. The number of sulfone groups is 1. The molecule has 0 aliphatic carbocycles. The first kappa shape index (κ1) is 13.0. The Morgan fingerprint density at radius 1 is 1.39 bits per heavy atom. The number of hydrogen-bond acceptors (Lipinski definition) is 5. The molecule has 18 heavy (non-hydrogen) atoms. The van der Waals surface area contributed by atoms with Crippen LogP contribution in [0.4, 0.5) is 5.69 Å². The van der Waals surface area contributed by atoms with Crippen molar-refractivity contribution < 1.29 is 8.42 Å². The summed E-state index contributed by atoms with van der Waals surface area (Å²) in [5, 5.41) is 3.23. The summed E-state index contributed by atoms with van der Waals surface area (Å²) >= 11 is 1.57. The molecule has 96 valence electrons. The second-order valence-electron chi connectivity index (χ2n) is 4.07. The van der Waals surface area contributed by atoms with Crippen molar-refractivity contribution in [1.29, 1.82) is 0 Å². The van der Waals surface area contributed by atoms with Crippen LogP contribution < -0.4 is 5.32 Å². The van der Waals surface area contributed by atoms with Gasteiger partial charge in [0.05, 0.1) is 17.0 Å². The smallest absolute Gasteiger partial charge is 0.175 e. The molecule has 6 heteroatoms. The van der Waals surface area contributed by atoms with Crippen molar-refractivity contribution in [3.63, 3.8) is 0 Å². The van der Waals surface area contributed by atoms with Gasteiger partial charge in [-0.3, -0.25) is 4.98 Å². The third-order valence-electron chi connectivity index (χ3n) is 2.57. The number of thiazole rings is 1. The van der Waals surface area contributed by atoms with Gasteiger partial charge in [-0.15, -0.1) is 11.3 Å². The molecule has 0 fully saturated rings. The number of rotatable bonds is 4. The lowest BCUT2D eigenvalue weighted by molar-refractivity contribution is 0.602. The second kappa shape index (κ2) is 5.07. The number of benzene rings is 1. The van der Waals surface area contributed by atoms with E-state index in [0.29, 0.717) is 11.4 Å². The van der Waals surface area contributed by atoms with Gasteiger partial charge in [-0.2, -0.15) is 0 Å². The van der Waals surface area contributed by atoms with E-state index in [1.54, 1.807) is 35.2 Å². The summed E-state index contributed by atoms with van der Waals surface area (Å²) in [6.45, 7) is 2.60. The van der Waals surface area contributed by atoms with E-state index in [1.807, 2.05) is 13.0 Å². The van der Waals surface area contributed by atoms with Crippen LogP contribution in [0.25, 0.3) is 0 Å². The topological polar surface area (TPSA) is 59.1 Å². The van der Waals surface area contributed by atoms with Crippen molar-refractivity contribution >= 4 is 26.9 Å². The summed E-state index contributed by atoms with van der Waals surface area (Å²) in [6, 6.07) is 5.11. The van der Waals surface area contributed by atoms with Crippen LogP contribution in [0.1, 0.15) is 10.4 Å². The average Bonchev–Trinajstić information content (AvgIpc) is 2.79. The van der Waals surface area contributed by atoms with Crippen molar-refractivity contribution in [3.05, 3.63) is 40.3 Å². The van der Waals surface area contributed by atoms with Crippen LogP contribution in [0.2, 0.25) is 0 Å². The molecule has 0 radical (unpaired) electrons. The molecular formula is C12H14N2O2S2. The van der Waals surface area contributed by atoms with Gasteiger partial charge >= 0.3 is 0 Å². The molecule has 1 aromatic carbocycles. The molecular weight excluding hydrogens is 268 g/mol. The van der Waals surface area contributed by atoms with Crippen LogP contribution >= 0.6 is 11.3 Å². The molecule has 0 bridgehead atoms. The lowest BCUT2D eigenvalue weighted by atomic mass is 10.2. The zero-order chi connectivity index (χ0) is 13.2. The molecule has 0 amide bonds. The summed E-state index contributed by atoms with van der Waals surface area (Å²) in [4.78, 5) is 5.44. The molecule has 0 unspecified atom stereocenters. The zero-order valence-corrected chi connectivity index (χ0v) is 11.8. The summed E-state index contributed by atoms with van der Waals surface area (Å²) in [6.07, 6.45) is 3.01. The van der Waals surface area contributed by atoms with Crippen LogP contribution in [0.5, 0.6) is 0 Å². The summed E-state index contributed by atoms with van der Waals surface area (Å²) in [7, 11) is -3.16. The van der Waals surface area contributed by atoms with Crippen LogP contribution in [0, 0.1) is 6.92 Å². The normalized spacial score (nSPS) is 11.4. The Morgan fingerprint density at radius 2 is 2.17 bits per heavy atom. The Labute approximate surface area is 111 Å². The van der Waals surface area contributed by atoms with E-state index in [9.17, 15) is 8.42 Å². The Morgan fingerprint density at radius 3 is 2.78 bits per heavy atom. The van der Waals surface area contributed by atoms with Crippen LogP contribution in [-0.2, 0) is 16.4 Å². The van der Waals surface area contributed by atoms with Gasteiger partial charge in [0, 0.05) is 23.0 Å². The highest BCUT2D eigenvalue weighted by Crippen LogP contribution is 2.21. The zero-order valence-electron chi connectivity index (χ0n) is 10.2. The van der Waals surface area contributed by atoms with E-state index < -0.39 is 9.84 Å². The maximum Gasteiger partial charge on any atom is 0.175 e. The predicted molar refractivity (Wildman–Crippen MR) is 73.7 cm³/mol. The van der Waals surface area contributed by atoms with Gasteiger partial charge in [0.1, 0.15) is 0 Å². The number of nitrogens with one attached hydrogen (secondary N) is 1. The first-order valence-electron chi connectivity index (χ1n) is 5.39. The van der Waals surface area contributed by atoms with Gasteiger partial charge < -0.3 is 5.32 Å². The molecule has 0 aliphatic rings. The Hall–Kier alpha value is -1.40. The lowest BCUT2D eigenvalue weighted by Crippen LogP contribution is -2.03. The monoisotopic (exact) mass is 282 g/mol. The molecule has 2 aromatic rings. The van der Waals surface area contributed by atoms with E-state index in [-0.39, 0.29) is 0 Å². The first-order valence-corrected chi connectivity index (χ1v) is 8.16. The molecule has 0 saturated carbocycles. The highest BCUT2D eigenvalue weighted by molar-refractivity contribution is 7.90. The number of aromatic nitrogens is 1. The maximum atomic E-state index is 11.5. The molecule has 2 rings (SSSR count). The third kappa shape index (κ3) is 3.08. The van der Waals surface area contributed by atoms with E-state index in [4.69, 9.17) is 0 Å². The highest BCUT2D eigenvalue weighted by Gasteiger charge is 2.09. The van der Waals surface area contributed by atoms with Gasteiger partial charge in [-0.05, 0) is 24.6 Å². The molecule has 0 spiro atoms. The van der Waals surface area contributed by atoms with Crippen LogP contribution in [0.15, 0.2) is 34.8 Å². The van der Waals surface area contributed by atoms with E-state index in [1.165, 1.54) is 6.26 Å². The molecule has 0 aliphatic heterocycles. The SMILES string of the molecule is Cc1ccc(S(C)(=O)=O)cc1NCc1cncs1. The summed E-state index contributed by atoms with van der Waals surface area (Å²) in [5.74, 6) is 0. The highest BCUT2D eigenvalue weighted by atomic mass is 32.2. The summed E-state index contributed by atoms with van der Waals surface area (Å²) < 4.78 is 23.0. The quantitative estimate of drug-likeness (QED) is 0.936. The van der Waals surface area contributed by atoms with E-state index in [2.05, 4.69) is 10.3 Å². The van der Waals surface area contributed by atoms with Gasteiger partial charge in [0.15, 0.2) is 9.84 Å². The number of anilines is 1. The van der Waals surface area contributed by atoms with Gasteiger partial charge in [-0.25, -0.2) is 8.42 Å². The second-order valence-corrected chi connectivity index (χ2v) is 7.06. The van der Waals surface area contributed by atoms with Gasteiger partial charge in [0.25, 0.3) is 0 Å². The van der Waals surface area contributed by atoms with Crippen LogP contribution in [0.3, 0.4) is 0 Å². The largest absolute Gasteiger partial charge is 0.380 e. The predicted octanol–water partition coefficient (Wildman–Crippen LogP) is 2.47. The fourth-order valence-electron chi connectivity index (χ4n) is 1.53. The summed E-state index contributed by atoms with van der Waals surface area (Å²) in [5.41, 5.74) is 3.63. The minimum Gasteiger partial charge on any atom is -0.380 e. The number of hydrogen-bond donors (Lipinski definition) is 1. The standard InChI is InChI=1S/C12H14N2O2S2/c1-9-3-4-11(18(2,15)16)5-12(9)14-7-10-6-13-8-17-10/h3-6,8,14H,7H2,1-2H3. The fourth-order valence-corrected chi connectivity index (χ4v) is 2.72. The van der Waals surface area contributed by atoms with Crippen LogP contribution in [-0.4, -0.2) is 19.7 Å². The third-order valence-corrected chi connectivity index (χ3v) is 4.46. The Balaban J connectivity index is 2.22. The lowest BCUT2D eigenvalue weighted by Gasteiger charge is -2.10. The minimum absolute atomic E-state index is 0.333. The fraction of sp³-hybridized carbons (Fsp3) is 0.250. The van der Waals surface area contributed by atoms with Gasteiger partial charge in [0.2, 0.25) is 0 Å². The van der Waals surface area contributed by atoms with E-state index >= 15 is 0 Å². The van der Waals surface area contributed by atoms with Crippen molar-refractivity contribution in [2.45, 2.75) is 18.4 Å². The molecule has 1 aromatic heterocycles. The molecule has 0 atom stereocenters. The van der Waals surface area contributed by atoms with Gasteiger partial charge in [-0.1, -0.05) is 6.07 Å². The molecule has 0 saturated heterocycles. The van der Waals surface area contributed by atoms with E-state index in [0.717, 1.165) is 16.1 Å². The molecule has 1 heterocycles. The average molecular weight is 282 g/mol. The molecule has 4 nitrogen and oxygen atoms in total. The van der Waals surface area contributed by atoms with Crippen molar-refractivity contribution in [2.24, 2.45) is 0 Å². The van der Waals surface area contributed by atoms with Crippen molar-refractivity contribution in [1.82, 2.24) is 4.98 Å². The Bertz CT molecular complexity index is 634.